The molecule has 0 aliphatic carbocycles. The van der Waals surface area contributed by atoms with Crippen molar-refractivity contribution < 1.29 is 0 Å². The Hall–Kier alpha value is -1.64. The van der Waals surface area contributed by atoms with Crippen LogP contribution >= 0.6 is 0 Å². The molecule has 2 aromatic carbocycles. The second-order valence-corrected chi connectivity index (χ2v) is 5.11. The van der Waals surface area contributed by atoms with Gasteiger partial charge >= 0.3 is 0 Å². The van der Waals surface area contributed by atoms with E-state index >= 15 is 0 Å². The molecule has 0 aliphatic heterocycles. The number of aryl methyl sites for hydroxylation is 2. The molecule has 0 heterocycles. The summed E-state index contributed by atoms with van der Waals surface area (Å²) in [4.78, 5) is 0. The first-order valence-corrected chi connectivity index (χ1v) is 7.84. The van der Waals surface area contributed by atoms with Crippen molar-refractivity contribution in [2.45, 2.75) is 32.1 Å². The maximum atomic E-state index is 5.39. The van der Waals surface area contributed by atoms with Gasteiger partial charge in [-0.15, -0.1) is 0 Å². The summed E-state index contributed by atoms with van der Waals surface area (Å²) >= 11 is 0. The van der Waals surface area contributed by atoms with Gasteiger partial charge in [0.1, 0.15) is 0 Å². The standard InChI is InChI=1S/C10H15N.C9H13N/c11-9-5-4-8-10-6-2-1-3-7-10;10-8-4-7-9-5-2-1-3-6-9/h1-3,6-7H,4-5,8-9,11H2;1-3,5-6H,4,7-8,10H2. The Balaban J connectivity index is 0.000000211. The Labute approximate surface area is 129 Å². The lowest BCUT2D eigenvalue weighted by molar-refractivity contribution is 0.745. The van der Waals surface area contributed by atoms with Crippen molar-refractivity contribution in [3.05, 3.63) is 71.8 Å². The summed E-state index contributed by atoms with van der Waals surface area (Å²) in [6.45, 7) is 1.60. The lowest BCUT2D eigenvalue weighted by atomic mass is 10.1. The van der Waals surface area contributed by atoms with Crippen LogP contribution in [0.1, 0.15) is 30.4 Å². The maximum absolute atomic E-state index is 5.39. The van der Waals surface area contributed by atoms with Crippen molar-refractivity contribution in [2.75, 3.05) is 13.1 Å². The zero-order valence-electron chi connectivity index (χ0n) is 12.9. The van der Waals surface area contributed by atoms with E-state index in [1.165, 1.54) is 17.5 Å². The average Bonchev–Trinajstić information content (AvgIpc) is 2.56. The van der Waals surface area contributed by atoms with Crippen LogP contribution < -0.4 is 11.5 Å². The van der Waals surface area contributed by atoms with E-state index in [9.17, 15) is 0 Å². The van der Waals surface area contributed by atoms with E-state index in [0.717, 1.165) is 38.8 Å². The quantitative estimate of drug-likeness (QED) is 0.764. The van der Waals surface area contributed by atoms with Crippen LogP contribution in [0.5, 0.6) is 0 Å². The monoisotopic (exact) mass is 284 g/mol. The minimum absolute atomic E-state index is 0.787. The van der Waals surface area contributed by atoms with Gasteiger partial charge in [-0.05, 0) is 56.3 Å². The average molecular weight is 284 g/mol. The molecular formula is C19H28N2. The molecular weight excluding hydrogens is 256 g/mol. The molecule has 2 aromatic rings. The predicted octanol–water partition coefficient (Wildman–Crippen LogP) is 3.55. The highest BCUT2D eigenvalue weighted by molar-refractivity contribution is 5.15. The van der Waals surface area contributed by atoms with Gasteiger partial charge in [0, 0.05) is 0 Å². The molecule has 0 amide bonds. The van der Waals surface area contributed by atoms with E-state index in [-0.39, 0.29) is 0 Å². The van der Waals surface area contributed by atoms with Crippen LogP contribution in [0.2, 0.25) is 0 Å². The number of nitrogens with two attached hydrogens (primary N) is 2. The Morgan fingerprint density at radius 2 is 0.952 bits per heavy atom. The molecule has 2 nitrogen and oxygen atoms in total. The third-order valence-corrected chi connectivity index (χ3v) is 3.27. The predicted molar refractivity (Wildman–Crippen MR) is 92.3 cm³/mol. The highest BCUT2D eigenvalue weighted by Gasteiger charge is 1.89. The Kier molecular flexibility index (Phi) is 10.1. The third kappa shape index (κ3) is 9.01. The molecule has 0 unspecified atom stereocenters. The van der Waals surface area contributed by atoms with Crippen LogP contribution in [-0.2, 0) is 12.8 Å². The van der Waals surface area contributed by atoms with Gasteiger partial charge in [-0.25, -0.2) is 0 Å². The lowest BCUT2D eigenvalue weighted by Gasteiger charge is -1.98. The third-order valence-electron chi connectivity index (χ3n) is 3.27. The Morgan fingerprint density at radius 3 is 1.38 bits per heavy atom. The van der Waals surface area contributed by atoms with Gasteiger partial charge in [-0.1, -0.05) is 60.7 Å². The highest BCUT2D eigenvalue weighted by atomic mass is 14.5. The molecule has 0 fully saturated rings. The van der Waals surface area contributed by atoms with Gasteiger partial charge in [-0.3, -0.25) is 0 Å². The van der Waals surface area contributed by atoms with Crippen LogP contribution in [0, 0.1) is 0 Å². The first kappa shape index (κ1) is 17.4. The fraction of sp³-hybridized carbons (Fsp3) is 0.368. The van der Waals surface area contributed by atoms with Crippen molar-refractivity contribution in [3.63, 3.8) is 0 Å². The van der Waals surface area contributed by atoms with Crippen molar-refractivity contribution in [3.8, 4) is 0 Å². The maximum Gasteiger partial charge on any atom is -0.00741 e. The number of hydrogen-bond donors (Lipinski definition) is 2. The van der Waals surface area contributed by atoms with Gasteiger partial charge < -0.3 is 11.5 Å². The smallest absolute Gasteiger partial charge is 0.00741 e. The molecule has 0 radical (unpaired) electrons. The normalized spacial score (nSPS) is 9.81. The molecule has 0 spiro atoms. The molecule has 0 saturated heterocycles. The second kappa shape index (κ2) is 12.1. The summed E-state index contributed by atoms with van der Waals surface area (Å²) in [5, 5.41) is 0. The van der Waals surface area contributed by atoms with Crippen LogP contribution in [0.4, 0.5) is 0 Å². The highest BCUT2D eigenvalue weighted by Crippen LogP contribution is 2.03. The van der Waals surface area contributed by atoms with Gasteiger partial charge in [0.25, 0.3) is 0 Å². The minimum atomic E-state index is 0.787. The van der Waals surface area contributed by atoms with E-state index in [0.29, 0.717) is 0 Å². The first-order chi connectivity index (χ1) is 10.4. The molecule has 2 rings (SSSR count). The van der Waals surface area contributed by atoms with Crippen LogP contribution in [0.25, 0.3) is 0 Å². The molecule has 2 heteroatoms. The van der Waals surface area contributed by atoms with Gasteiger partial charge in [0.15, 0.2) is 0 Å². The topological polar surface area (TPSA) is 52.0 Å². The van der Waals surface area contributed by atoms with Crippen LogP contribution in [0.3, 0.4) is 0 Å². The van der Waals surface area contributed by atoms with Gasteiger partial charge in [0.05, 0.1) is 0 Å². The minimum Gasteiger partial charge on any atom is -0.330 e. The molecule has 0 aliphatic rings. The van der Waals surface area contributed by atoms with Crippen molar-refractivity contribution in [2.24, 2.45) is 11.5 Å². The van der Waals surface area contributed by atoms with Crippen molar-refractivity contribution >= 4 is 0 Å². The van der Waals surface area contributed by atoms with Crippen molar-refractivity contribution in [1.82, 2.24) is 0 Å². The van der Waals surface area contributed by atoms with Gasteiger partial charge in [0.2, 0.25) is 0 Å². The summed E-state index contributed by atoms with van der Waals surface area (Å²) in [6, 6.07) is 21.0. The molecule has 0 saturated carbocycles. The Bertz CT molecular complexity index is 440. The summed E-state index contributed by atoms with van der Waals surface area (Å²) in [7, 11) is 0. The van der Waals surface area contributed by atoms with E-state index in [1.807, 2.05) is 12.1 Å². The SMILES string of the molecule is NCCCCc1ccccc1.NCCCc1ccccc1. The molecule has 0 atom stereocenters. The number of hydrogen-bond acceptors (Lipinski definition) is 2. The fourth-order valence-corrected chi connectivity index (χ4v) is 2.07. The molecule has 21 heavy (non-hydrogen) atoms. The summed E-state index contributed by atoms with van der Waals surface area (Å²) in [5.74, 6) is 0. The van der Waals surface area contributed by atoms with E-state index in [2.05, 4.69) is 48.5 Å². The lowest BCUT2D eigenvalue weighted by Crippen LogP contribution is -1.99. The zero-order valence-corrected chi connectivity index (χ0v) is 12.9. The van der Waals surface area contributed by atoms with E-state index < -0.39 is 0 Å². The van der Waals surface area contributed by atoms with E-state index in [4.69, 9.17) is 11.5 Å². The molecule has 114 valence electrons. The van der Waals surface area contributed by atoms with Crippen LogP contribution in [-0.4, -0.2) is 13.1 Å². The van der Waals surface area contributed by atoms with Crippen LogP contribution in [0.15, 0.2) is 60.7 Å². The van der Waals surface area contributed by atoms with Crippen molar-refractivity contribution in [1.29, 1.82) is 0 Å². The number of benzene rings is 2. The zero-order chi connectivity index (χ0) is 15.2. The molecule has 0 aromatic heterocycles. The molecule has 4 N–H and O–H groups in total. The summed E-state index contributed by atoms with van der Waals surface area (Å²) < 4.78 is 0. The largest absolute Gasteiger partial charge is 0.330 e. The van der Waals surface area contributed by atoms with E-state index in [1.54, 1.807) is 0 Å². The second-order valence-electron chi connectivity index (χ2n) is 5.11. The van der Waals surface area contributed by atoms with Gasteiger partial charge in [-0.2, -0.15) is 0 Å². The summed E-state index contributed by atoms with van der Waals surface area (Å²) in [5.41, 5.74) is 13.6. The fourth-order valence-electron chi connectivity index (χ4n) is 2.07. The molecule has 0 bridgehead atoms. The Morgan fingerprint density at radius 1 is 0.524 bits per heavy atom. The first-order valence-electron chi connectivity index (χ1n) is 7.84. The summed E-state index contributed by atoms with van der Waals surface area (Å²) in [6.07, 6.45) is 5.70. The number of unbranched alkanes of at least 4 members (excludes halogenated alkanes) is 1. The number of rotatable bonds is 7.